The van der Waals surface area contributed by atoms with E-state index in [9.17, 15) is 47.9 Å². The summed E-state index contributed by atoms with van der Waals surface area (Å²) >= 11 is 0. The van der Waals surface area contributed by atoms with E-state index < -0.39 is 105 Å². The van der Waals surface area contributed by atoms with Crippen molar-refractivity contribution in [3.8, 4) is 0 Å². The molecule has 89 heavy (non-hydrogen) atoms. The number of hydrogen-bond donors (Lipinski definition) is 5. The number of nitrogens with one attached hydrogen (secondary N) is 5. The van der Waals surface area contributed by atoms with Gasteiger partial charge in [-0.3, -0.25) is 14.9 Å². The molecule has 0 aliphatic rings. The second-order valence-electron chi connectivity index (χ2n) is 29.0. The van der Waals surface area contributed by atoms with Crippen molar-refractivity contribution in [3.05, 3.63) is 0 Å². The van der Waals surface area contributed by atoms with Gasteiger partial charge >= 0.3 is 48.7 Å². The van der Waals surface area contributed by atoms with Gasteiger partial charge in [-0.05, 0) is 166 Å². The Balaban J connectivity index is 6.09. The highest BCUT2D eigenvalue weighted by molar-refractivity contribution is 5.81. The normalized spacial score (nSPS) is 12.2. The van der Waals surface area contributed by atoms with Gasteiger partial charge in [0.2, 0.25) is 11.8 Å². The lowest BCUT2D eigenvalue weighted by atomic mass is 10.2. The van der Waals surface area contributed by atoms with E-state index in [-0.39, 0.29) is 118 Å². The molecule has 0 fully saturated rings. The summed E-state index contributed by atoms with van der Waals surface area (Å²) in [7, 11) is 0. The molecule has 10 amide bonds. The molecule has 516 valence electrons. The standard InChI is InChI=1S/C60H113N11O18/c1-53(2,3)82-45(74)64-27-31-68(49(78)86-57(13,14)15)35-39-70(51(80)88-59(19,20)21)37-33-66(47(76)84-55(7,8)9)29-25-62-43(72)41-61-42-44(73)63-26-30-67(48(77)85-56(10,11)12)34-38-71(52(81)89-60(22,23)24)40-36-69(50(79)87-58(16,17)18)32-28-65-46(75)83-54(4,5)6/h61H,25-42H2,1-24H3,(H,62,72)(H,63,73)(H,64,74)(H,65,75). The molecule has 0 saturated heterocycles. The number of carbonyl (C=O) groups is 10. The molecule has 0 aromatic carbocycles. The number of rotatable bonds is 28. The summed E-state index contributed by atoms with van der Waals surface area (Å²) in [6.45, 7) is 39.4. The second-order valence-corrected chi connectivity index (χ2v) is 29.0. The summed E-state index contributed by atoms with van der Waals surface area (Å²) in [6, 6.07) is 0. The van der Waals surface area contributed by atoms with Crippen LogP contribution in [0.2, 0.25) is 0 Å². The largest absolute Gasteiger partial charge is 0.444 e. The summed E-state index contributed by atoms with van der Waals surface area (Å²) in [5.41, 5.74) is -6.87. The Morgan fingerprint density at radius 3 is 0.562 bits per heavy atom. The molecule has 0 spiro atoms. The molecule has 0 saturated carbocycles. The van der Waals surface area contributed by atoms with E-state index in [0.717, 1.165) is 0 Å². The van der Waals surface area contributed by atoms with Crippen LogP contribution >= 0.6 is 0 Å². The van der Waals surface area contributed by atoms with Crippen molar-refractivity contribution in [1.29, 1.82) is 0 Å². The van der Waals surface area contributed by atoms with Crippen molar-refractivity contribution in [1.82, 2.24) is 56.0 Å². The highest BCUT2D eigenvalue weighted by Crippen LogP contribution is 2.17. The minimum atomic E-state index is -0.910. The van der Waals surface area contributed by atoms with E-state index in [1.807, 2.05) is 0 Å². The Morgan fingerprint density at radius 1 is 0.236 bits per heavy atom. The zero-order valence-corrected chi connectivity index (χ0v) is 58.3. The smallest absolute Gasteiger partial charge is 0.410 e. The molecule has 29 nitrogen and oxygen atoms in total. The third-order valence-corrected chi connectivity index (χ3v) is 10.5. The Labute approximate surface area is 529 Å². The fraction of sp³-hybridized carbons (Fsp3) is 0.833. The van der Waals surface area contributed by atoms with E-state index in [0.29, 0.717) is 0 Å². The predicted molar refractivity (Wildman–Crippen MR) is 334 cm³/mol. The van der Waals surface area contributed by atoms with Crippen LogP contribution in [0.1, 0.15) is 166 Å². The Kier molecular flexibility index (Phi) is 33.2. The molecule has 0 aromatic rings. The number of carbonyl (C=O) groups excluding carboxylic acids is 10. The van der Waals surface area contributed by atoms with Crippen molar-refractivity contribution in [2.75, 3.05) is 118 Å². The highest BCUT2D eigenvalue weighted by atomic mass is 16.6. The van der Waals surface area contributed by atoms with E-state index in [4.69, 9.17) is 37.9 Å². The van der Waals surface area contributed by atoms with Crippen molar-refractivity contribution in [2.45, 2.75) is 211 Å². The van der Waals surface area contributed by atoms with E-state index >= 15 is 0 Å². The van der Waals surface area contributed by atoms with Crippen LogP contribution in [0.4, 0.5) is 38.4 Å². The van der Waals surface area contributed by atoms with Crippen molar-refractivity contribution in [2.24, 2.45) is 0 Å². The minimum Gasteiger partial charge on any atom is -0.444 e. The van der Waals surface area contributed by atoms with Gasteiger partial charge in [-0.15, -0.1) is 0 Å². The SMILES string of the molecule is CC(C)(C)OC(=O)NCCN(CCN(CCN(CCNC(=O)CNCC(=O)NCCN(CCN(CCN(CCNC(=O)OC(C)(C)C)C(=O)OC(C)(C)C)C(=O)OC(C)(C)C)C(=O)OC(C)(C)C)C(=O)OC(C)(C)C)C(=O)OC(C)(C)C)C(=O)OC(C)(C)C. The molecule has 0 bridgehead atoms. The maximum Gasteiger partial charge on any atom is 0.410 e. The summed E-state index contributed by atoms with van der Waals surface area (Å²) in [5.74, 6) is -1.03. The number of nitrogens with zero attached hydrogens (tertiary/aromatic N) is 6. The lowest BCUT2D eigenvalue weighted by molar-refractivity contribution is -0.121. The molecule has 5 N–H and O–H groups in total. The Bertz CT molecular complexity index is 2130. The first kappa shape index (κ1) is 82.1. The minimum absolute atomic E-state index is 0.00126. The van der Waals surface area contributed by atoms with Gasteiger partial charge in [-0.1, -0.05) is 0 Å². The second kappa shape index (κ2) is 36.0. The summed E-state index contributed by atoms with van der Waals surface area (Å²) in [5, 5.41) is 13.4. The number of amides is 10. The lowest BCUT2D eigenvalue weighted by Gasteiger charge is -2.33. The molecule has 0 heterocycles. The summed E-state index contributed by atoms with van der Waals surface area (Å²) in [4.78, 5) is 140. The maximum absolute atomic E-state index is 13.7. The van der Waals surface area contributed by atoms with Crippen LogP contribution in [0, 0.1) is 0 Å². The number of hydrogen-bond acceptors (Lipinski definition) is 19. The lowest BCUT2D eigenvalue weighted by Crippen LogP contribution is -2.50. The van der Waals surface area contributed by atoms with Crippen LogP contribution in [0.5, 0.6) is 0 Å². The first-order valence-corrected chi connectivity index (χ1v) is 30.3. The Hall–Kier alpha value is -6.94. The molecule has 0 aromatic heterocycles. The quantitative estimate of drug-likeness (QED) is 0.0480. The molecule has 0 unspecified atom stereocenters. The Morgan fingerprint density at radius 2 is 0.393 bits per heavy atom. The molecule has 29 heteroatoms. The van der Waals surface area contributed by atoms with E-state index in [1.165, 1.54) is 29.4 Å². The molecular weight excluding hydrogens is 1160 g/mol. The molecule has 0 radical (unpaired) electrons. The fourth-order valence-corrected chi connectivity index (χ4v) is 6.98. The topological polar surface area (TPSA) is 324 Å². The first-order valence-electron chi connectivity index (χ1n) is 30.3. The van der Waals surface area contributed by atoms with Crippen LogP contribution in [0.25, 0.3) is 0 Å². The van der Waals surface area contributed by atoms with Crippen molar-refractivity contribution < 1.29 is 85.8 Å². The van der Waals surface area contributed by atoms with Crippen molar-refractivity contribution in [3.63, 3.8) is 0 Å². The van der Waals surface area contributed by atoms with Crippen LogP contribution in [-0.2, 0) is 47.5 Å². The van der Waals surface area contributed by atoms with Gasteiger partial charge in [0.05, 0.1) is 13.1 Å². The monoisotopic (exact) mass is 1280 g/mol. The number of alkyl carbamates (subject to hydrolysis) is 2. The number of ether oxygens (including phenoxy) is 8. The zero-order valence-electron chi connectivity index (χ0n) is 58.3. The van der Waals surface area contributed by atoms with Gasteiger partial charge < -0.3 is 88.6 Å². The van der Waals surface area contributed by atoms with Crippen LogP contribution in [0.3, 0.4) is 0 Å². The molecule has 0 aliphatic heterocycles. The third kappa shape index (κ3) is 44.2. The van der Waals surface area contributed by atoms with Crippen LogP contribution < -0.4 is 26.6 Å². The van der Waals surface area contributed by atoms with Crippen LogP contribution in [0.15, 0.2) is 0 Å². The molecular formula is C60H113N11O18. The third-order valence-electron chi connectivity index (χ3n) is 10.5. The van der Waals surface area contributed by atoms with Gasteiger partial charge in [-0.2, -0.15) is 0 Å². The van der Waals surface area contributed by atoms with E-state index in [2.05, 4.69) is 26.6 Å². The van der Waals surface area contributed by atoms with Crippen LogP contribution in [-0.4, -0.2) is 253 Å². The van der Waals surface area contributed by atoms with Gasteiger partial charge in [-0.25, -0.2) is 38.4 Å². The van der Waals surface area contributed by atoms with Gasteiger partial charge in [0, 0.05) is 105 Å². The zero-order chi connectivity index (χ0) is 69.2. The van der Waals surface area contributed by atoms with Gasteiger partial charge in [0.15, 0.2) is 0 Å². The maximum atomic E-state index is 13.7. The fourth-order valence-electron chi connectivity index (χ4n) is 6.98. The molecule has 0 aliphatic carbocycles. The highest BCUT2D eigenvalue weighted by Gasteiger charge is 2.32. The first-order chi connectivity index (χ1) is 40.2. The average molecular weight is 1280 g/mol. The molecule has 0 rings (SSSR count). The molecule has 0 atom stereocenters. The van der Waals surface area contributed by atoms with Crippen molar-refractivity contribution >= 4 is 60.6 Å². The van der Waals surface area contributed by atoms with Gasteiger partial charge in [0.25, 0.3) is 0 Å². The summed E-state index contributed by atoms with van der Waals surface area (Å²) in [6.07, 6.45) is -5.67. The predicted octanol–water partition coefficient (Wildman–Crippen LogP) is 7.28. The van der Waals surface area contributed by atoms with E-state index in [1.54, 1.807) is 166 Å². The average Bonchev–Trinajstić information content (AvgIpc) is 3.33. The van der Waals surface area contributed by atoms with Gasteiger partial charge in [0.1, 0.15) is 44.8 Å². The summed E-state index contributed by atoms with van der Waals surface area (Å²) < 4.78 is 44.7.